The zero-order valence-corrected chi connectivity index (χ0v) is 14.2. The molecule has 5 nitrogen and oxygen atoms in total. The number of carbonyl (C=O) groups is 2. The molecule has 130 valence electrons. The van der Waals surface area contributed by atoms with Crippen LogP contribution in [0.1, 0.15) is 71.6 Å². The zero-order valence-electron chi connectivity index (χ0n) is 14.2. The molecule has 0 saturated carbocycles. The molecule has 0 bridgehead atoms. The van der Waals surface area contributed by atoms with E-state index in [9.17, 15) is 14.7 Å². The first kappa shape index (κ1) is 18.0. The normalized spacial score (nSPS) is 25.6. The molecule has 0 fully saturated rings. The third-order valence-electron chi connectivity index (χ3n) is 4.61. The molecule has 1 N–H and O–H groups in total. The van der Waals surface area contributed by atoms with Gasteiger partial charge >= 0.3 is 5.97 Å². The van der Waals surface area contributed by atoms with E-state index in [1.54, 1.807) is 0 Å². The second-order valence-electron chi connectivity index (χ2n) is 6.51. The van der Waals surface area contributed by atoms with Crippen molar-refractivity contribution in [3.05, 3.63) is 11.3 Å². The molecule has 2 aliphatic rings. The monoisotopic (exact) mass is 324 g/mol. The van der Waals surface area contributed by atoms with Crippen molar-refractivity contribution in [2.75, 3.05) is 0 Å². The van der Waals surface area contributed by atoms with Crippen molar-refractivity contribution in [1.29, 1.82) is 0 Å². The van der Waals surface area contributed by atoms with Gasteiger partial charge in [-0.1, -0.05) is 26.2 Å². The van der Waals surface area contributed by atoms with Gasteiger partial charge in [0, 0.05) is 18.9 Å². The Morgan fingerprint density at radius 1 is 1.30 bits per heavy atom. The number of hydrogen-bond donors (Lipinski definition) is 1. The Kier molecular flexibility index (Phi) is 6.63. The number of hydrogen-bond acceptors (Lipinski definition) is 5. The van der Waals surface area contributed by atoms with Crippen molar-refractivity contribution in [2.24, 2.45) is 0 Å². The Labute approximate surface area is 138 Å². The molecule has 0 spiro atoms. The minimum Gasteiger partial charge on any atom is -0.488 e. The number of esters is 1. The van der Waals surface area contributed by atoms with E-state index in [0.717, 1.165) is 25.7 Å². The van der Waals surface area contributed by atoms with Crippen LogP contribution in [-0.2, 0) is 19.1 Å². The largest absolute Gasteiger partial charge is 0.488 e. The van der Waals surface area contributed by atoms with Crippen LogP contribution in [0, 0.1) is 0 Å². The highest BCUT2D eigenvalue weighted by Gasteiger charge is 2.37. The van der Waals surface area contributed by atoms with Gasteiger partial charge in [0.1, 0.15) is 24.1 Å². The minimum absolute atomic E-state index is 0.0794. The van der Waals surface area contributed by atoms with E-state index < -0.39 is 6.10 Å². The standard InChI is InChI=1S/C18H28O5/c1-3-4-5-6-7-16(22-12(2)19)17-11-8-13-14(20)9-10-15(21)18(13)23-17/h15-17,21H,3-11H2,1-2H3/t15-,16-,17-/m1/s1. The van der Waals surface area contributed by atoms with Crippen LogP contribution >= 0.6 is 0 Å². The van der Waals surface area contributed by atoms with Crippen molar-refractivity contribution in [3.8, 4) is 0 Å². The predicted molar refractivity (Wildman–Crippen MR) is 85.7 cm³/mol. The van der Waals surface area contributed by atoms with Crippen molar-refractivity contribution >= 4 is 11.8 Å². The van der Waals surface area contributed by atoms with Gasteiger partial charge in [0.05, 0.1) is 0 Å². The second-order valence-corrected chi connectivity index (χ2v) is 6.51. The lowest BCUT2D eigenvalue weighted by Crippen LogP contribution is -2.39. The molecule has 2 rings (SSSR count). The molecule has 0 radical (unpaired) electrons. The number of Topliss-reactive ketones (excluding diaryl/α,β-unsaturated/α-hetero) is 1. The number of rotatable bonds is 7. The summed E-state index contributed by atoms with van der Waals surface area (Å²) in [6, 6.07) is 0. The molecular weight excluding hydrogens is 296 g/mol. The van der Waals surface area contributed by atoms with Crippen LogP contribution in [0.25, 0.3) is 0 Å². The van der Waals surface area contributed by atoms with Crippen LogP contribution in [-0.4, -0.2) is 35.2 Å². The Morgan fingerprint density at radius 2 is 2.09 bits per heavy atom. The first-order valence-electron chi connectivity index (χ1n) is 8.81. The summed E-state index contributed by atoms with van der Waals surface area (Å²) < 4.78 is 11.4. The highest BCUT2D eigenvalue weighted by molar-refractivity contribution is 5.97. The summed E-state index contributed by atoms with van der Waals surface area (Å²) in [7, 11) is 0. The van der Waals surface area contributed by atoms with Gasteiger partial charge in [-0.3, -0.25) is 9.59 Å². The van der Waals surface area contributed by atoms with Gasteiger partial charge in [-0.05, 0) is 32.1 Å². The minimum atomic E-state index is -0.705. The molecule has 1 aliphatic heterocycles. The quantitative estimate of drug-likeness (QED) is 0.575. The van der Waals surface area contributed by atoms with Crippen LogP contribution in [0.3, 0.4) is 0 Å². The number of allylic oxidation sites excluding steroid dienone is 1. The van der Waals surface area contributed by atoms with Crippen molar-refractivity contribution in [2.45, 2.75) is 89.9 Å². The fourth-order valence-electron chi connectivity index (χ4n) is 3.38. The van der Waals surface area contributed by atoms with Gasteiger partial charge in [-0.25, -0.2) is 0 Å². The molecule has 0 aromatic rings. The average Bonchev–Trinajstić information content (AvgIpc) is 2.53. The van der Waals surface area contributed by atoms with E-state index >= 15 is 0 Å². The summed E-state index contributed by atoms with van der Waals surface area (Å²) in [5.74, 6) is 0.188. The Bertz CT molecular complexity index is 468. The third kappa shape index (κ3) is 4.80. The third-order valence-corrected chi connectivity index (χ3v) is 4.61. The maximum Gasteiger partial charge on any atom is 0.303 e. The number of aliphatic hydroxyl groups excluding tert-OH is 1. The predicted octanol–water partition coefficient (Wildman–Crippen LogP) is 3.05. The van der Waals surface area contributed by atoms with E-state index in [1.807, 2.05) is 0 Å². The number of ether oxygens (including phenoxy) is 2. The molecule has 0 unspecified atom stereocenters. The summed E-state index contributed by atoms with van der Waals surface area (Å²) in [5, 5.41) is 10.1. The van der Waals surface area contributed by atoms with E-state index in [-0.39, 0.29) is 24.0 Å². The SMILES string of the molecule is CCCCCC[C@@H](OC(C)=O)[C@H]1CCC2=C(O1)[C@H](O)CCC2=O. The molecule has 1 heterocycles. The summed E-state index contributed by atoms with van der Waals surface area (Å²) in [6.45, 7) is 3.56. The molecule has 0 saturated heterocycles. The number of ketones is 1. The van der Waals surface area contributed by atoms with E-state index in [4.69, 9.17) is 9.47 Å². The van der Waals surface area contributed by atoms with Crippen LogP contribution in [0.15, 0.2) is 11.3 Å². The molecule has 23 heavy (non-hydrogen) atoms. The topological polar surface area (TPSA) is 72.8 Å². The Hall–Kier alpha value is -1.36. The summed E-state index contributed by atoms with van der Waals surface area (Å²) in [6.07, 6.45) is 5.96. The lowest BCUT2D eigenvalue weighted by Gasteiger charge is -2.36. The van der Waals surface area contributed by atoms with E-state index in [2.05, 4.69) is 6.92 Å². The molecule has 3 atom stereocenters. The van der Waals surface area contributed by atoms with Gasteiger partial charge in [-0.15, -0.1) is 0 Å². The highest BCUT2D eigenvalue weighted by Crippen LogP contribution is 2.35. The van der Waals surface area contributed by atoms with Gasteiger partial charge in [-0.2, -0.15) is 0 Å². The van der Waals surface area contributed by atoms with Gasteiger partial charge in [0.25, 0.3) is 0 Å². The molecule has 1 aliphatic carbocycles. The molecule has 0 aromatic carbocycles. The van der Waals surface area contributed by atoms with Crippen LogP contribution in [0.4, 0.5) is 0 Å². The second kappa shape index (κ2) is 8.48. The lowest BCUT2D eigenvalue weighted by atomic mass is 9.87. The van der Waals surface area contributed by atoms with E-state index in [0.29, 0.717) is 37.0 Å². The van der Waals surface area contributed by atoms with Crippen LogP contribution < -0.4 is 0 Å². The molecule has 0 aromatic heterocycles. The van der Waals surface area contributed by atoms with Crippen molar-refractivity contribution in [1.82, 2.24) is 0 Å². The molecular formula is C18H28O5. The first-order valence-corrected chi connectivity index (χ1v) is 8.81. The number of unbranched alkanes of at least 4 members (excludes halogenated alkanes) is 3. The number of aliphatic hydroxyl groups is 1. The zero-order chi connectivity index (χ0) is 16.8. The Morgan fingerprint density at radius 3 is 2.78 bits per heavy atom. The highest BCUT2D eigenvalue weighted by atomic mass is 16.6. The fourth-order valence-corrected chi connectivity index (χ4v) is 3.38. The van der Waals surface area contributed by atoms with Crippen molar-refractivity contribution < 1.29 is 24.2 Å². The van der Waals surface area contributed by atoms with Crippen LogP contribution in [0.5, 0.6) is 0 Å². The first-order chi connectivity index (χ1) is 11.0. The Balaban J connectivity index is 2.02. The molecule has 5 heteroatoms. The maximum absolute atomic E-state index is 11.9. The van der Waals surface area contributed by atoms with Crippen molar-refractivity contribution in [3.63, 3.8) is 0 Å². The fraction of sp³-hybridized carbons (Fsp3) is 0.778. The maximum atomic E-state index is 11.9. The summed E-state index contributed by atoms with van der Waals surface area (Å²) in [4.78, 5) is 23.3. The average molecular weight is 324 g/mol. The lowest BCUT2D eigenvalue weighted by molar-refractivity contribution is -0.156. The summed E-state index contributed by atoms with van der Waals surface area (Å²) in [5.41, 5.74) is 0.632. The number of carbonyl (C=O) groups excluding carboxylic acids is 2. The smallest absolute Gasteiger partial charge is 0.303 e. The van der Waals surface area contributed by atoms with Gasteiger partial charge in [0.15, 0.2) is 5.78 Å². The van der Waals surface area contributed by atoms with E-state index in [1.165, 1.54) is 13.3 Å². The van der Waals surface area contributed by atoms with Crippen LogP contribution in [0.2, 0.25) is 0 Å². The molecule has 0 amide bonds. The van der Waals surface area contributed by atoms with Gasteiger partial charge in [0.2, 0.25) is 0 Å². The summed E-state index contributed by atoms with van der Waals surface area (Å²) >= 11 is 0. The van der Waals surface area contributed by atoms with Gasteiger partial charge < -0.3 is 14.6 Å².